The highest BCUT2D eigenvalue weighted by atomic mass is 19.1. The predicted molar refractivity (Wildman–Crippen MR) is 156 cm³/mol. The zero-order valence-corrected chi connectivity index (χ0v) is 23.2. The van der Waals surface area contributed by atoms with E-state index >= 15 is 0 Å². The molecule has 3 aromatic heterocycles. The molecular formula is C30H27FN6O5. The van der Waals surface area contributed by atoms with Crippen molar-refractivity contribution < 1.29 is 23.4 Å². The second-order valence-electron chi connectivity index (χ2n) is 9.51. The highest BCUT2D eigenvalue weighted by Gasteiger charge is 2.19. The quantitative estimate of drug-likeness (QED) is 0.257. The van der Waals surface area contributed by atoms with Crippen LogP contribution in [-0.2, 0) is 0 Å². The van der Waals surface area contributed by atoms with Gasteiger partial charge in [0.2, 0.25) is 5.43 Å². The minimum absolute atomic E-state index is 0.0335. The van der Waals surface area contributed by atoms with Crippen LogP contribution in [0.4, 0.5) is 16.0 Å². The first-order valence-electron chi connectivity index (χ1n) is 12.8. The van der Waals surface area contributed by atoms with Gasteiger partial charge in [-0.25, -0.2) is 14.4 Å². The van der Waals surface area contributed by atoms with Crippen molar-refractivity contribution in [3.05, 3.63) is 88.6 Å². The van der Waals surface area contributed by atoms with Crippen LogP contribution in [0.5, 0.6) is 23.0 Å². The van der Waals surface area contributed by atoms with Crippen LogP contribution in [0, 0.1) is 5.82 Å². The van der Waals surface area contributed by atoms with Gasteiger partial charge in [-0.05, 0) is 56.3 Å². The number of ether oxygens (including phenoxy) is 3. The molecule has 42 heavy (non-hydrogen) atoms. The number of amides is 1. The van der Waals surface area contributed by atoms with Crippen LogP contribution < -0.4 is 30.7 Å². The molecule has 11 nitrogen and oxygen atoms in total. The predicted octanol–water partition coefficient (Wildman–Crippen LogP) is 5.22. The average molecular weight is 571 g/mol. The summed E-state index contributed by atoms with van der Waals surface area (Å²) in [6.45, 7) is 3.72. The summed E-state index contributed by atoms with van der Waals surface area (Å²) in [5.74, 6) is 1.07. The third kappa shape index (κ3) is 5.68. The van der Waals surface area contributed by atoms with Crippen molar-refractivity contribution in [2.24, 2.45) is 0 Å². The van der Waals surface area contributed by atoms with Crippen molar-refractivity contribution in [3.8, 4) is 34.3 Å². The first-order valence-corrected chi connectivity index (χ1v) is 12.8. The minimum atomic E-state index is -0.671. The van der Waals surface area contributed by atoms with E-state index in [1.165, 1.54) is 61.6 Å². The van der Waals surface area contributed by atoms with Crippen LogP contribution in [0.2, 0.25) is 0 Å². The molecule has 0 aliphatic rings. The van der Waals surface area contributed by atoms with Gasteiger partial charge in [-0.3, -0.25) is 14.3 Å². The molecule has 0 aliphatic heterocycles. The molecule has 214 valence electrons. The van der Waals surface area contributed by atoms with Gasteiger partial charge in [-0.2, -0.15) is 5.10 Å². The molecule has 0 atom stereocenters. The molecule has 0 unspecified atom stereocenters. The molecule has 2 aromatic carbocycles. The molecule has 0 radical (unpaired) electrons. The first kappa shape index (κ1) is 28.0. The van der Waals surface area contributed by atoms with E-state index in [0.717, 1.165) is 0 Å². The lowest BCUT2D eigenvalue weighted by molar-refractivity contribution is 0.102. The number of nitrogen functional groups attached to an aromatic ring is 1. The Morgan fingerprint density at radius 2 is 1.71 bits per heavy atom. The minimum Gasteiger partial charge on any atom is -0.493 e. The Hall–Kier alpha value is -5.52. The number of nitrogens with two attached hydrogens (primary N) is 1. The molecule has 5 aromatic rings. The standard InChI is InChI=1S/C30H27FN6O5/c1-16(2)37-15-21(29(38)28(36-37)17-5-7-18(31)8-6-17)30(39)35-27-10-9-19(14-33-27)42-23-13-26(32)34-22-12-25(41-4)24(40-3)11-20(22)23/h5-16H,1-4H3,(H2,32,34)(H,33,35,39). The Balaban J connectivity index is 1.41. The Kier molecular flexibility index (Phi) is 7.69. The van der Waals surface area contributed by atoms with Gasteiger partial charge in [0.05, 0.1) is 25.9 Å². The summed E-state index contributed by atoms with van der Waals surface area (Å²) in [7, 11) is 3.05. The van der Waals surface area contributed by atoms with Gasteiger partial charge < -0.3 is 25.3 Å². The van der Waals surface area contributed by atoms with Gasteiger partial charge in [0.1, 0.15) is 40.2 Å². The van der Waals surface area contributed by atoms with Crippen LogP contribution in [0.25, 0.3) is 22.2 Å². The summed E-state index contributed by atoms with van der Waals surface area (Å²) in [6, 6.07) is 13.3. The van der Waals surface area contributed by atoms with Crippen LogP contribution in [-0.4, -0.2) is 39.9 Å². The smallest absolute Gasteiger partial charge is 0.262 e. The van der Waals surface area contributed by atoms with E-state index in [0.29, 0.717) is 39.5 Å². The van der Waals surface area contributed by atoms with Gasteiger partial charge in [-0.15, -0.1) is 0 Å². The van der Waals surface area contributed by atoms with Crippen molar-refractivity contribution in [1.82, 2.24) is 19.7 Å². The number of nitrogens with one attached hydrogen (secondary N) is 1. The average Bonchev–Trinajstić information content (AvgIpc) is 2.97. The van der Waals surface area contributed by atoms with E-state index < -0.39 is 17.2 Å². The summed E-state index contributed by atoms with van der Waals surface area (Å²) in [4.78, 5) is 35.0. The number of anilines is 2. The highest BCUT2D eigenvalue weighted by molar-refractivity contribution is 6.04. The molecule has 3 N–H and O–H groups in total. The lowest BCUT2D eigenvalue weighted by Gasteiger charge is -2.14. The van der Waals surface area contributed by atoms with Crippen LogP contribution in [0.15, 0.2) is 71.8 Å². The Bertz CT molecular complexity index is 1840. The van der Waals surface area contributed by atoms with Crippen molar-refractivity contribution in [2.75, 3.05) is 25.3 Å². The second kappa shape index (κ2) is 11.5. The summed E-state index contributed by atoms with van der Waals surface area (Å²) < 4.78 is 31.8. The van der Waals surface area contributed by atoms with Crippen LogP contribution >= 0.6 is 0 Å². The summed E-state index contributed by atoms with van der Waals surface area (Å²) in [5, 5.41) is 7.64. The molecular weight excluding hydrogens is 543 g/mol. The van der Waals surface area contributed by atoms with E-state index in [1.807, 2.05) is 13.8 Å². The normalized spacial score (nSPS) is 11.0. The Morgan fingerprint density at radius 3 is 2.36 bits per heavy atom. The number of carbonyl (C=O) groups is 1. The SMILES string of the molecule is COc1cc2nc(N)cc(Oc3ccc(NC(=O)c4cn(C(C)C)nc(-c5ccc(F)cc5)c4=O)nc3)c2cc1OC. The third-order valence-corrected chi connectivity index (χ3v) is 6.33. The zero-order chi connectivity index (χ0) is 30.0. The van der Waals surface area contributed by atoms with Crippen LogP contribution in [0.3, 0.4) is 0 Å². The topological polar surface area (TPSA) is 143 Å². The molecule has 0 saturated heterocycles. The molecule has 0 spiro atoms. The highest BCUT2D eigenvalue weighted by Crippen LogP contribution is 2.38. The molecule has 0 bridgehead atoms. The maximum atomic E-state index is 13.5. The van der Waals surface area contributed by atoms with Crippen LogP contribution in [0.1, 0.15) is 30.2 Å². The fraction of sp³-hybridized carbons (Fsp3) is 0.167. The molecule has 3 heterocycles. The second-order valence-corrected chi connectivity index (χ2v) is 9.51. The fourth-order valence-corrected chi connectivity index (χ4v) is 4.18. The van der Waals surface area contributed by atoms with E-state index in [2.05, 4.69) is 20.4 Å². The van der Waals surface area contributed by atoms with Gasteiger partial charge in [0.25, 0.3) is 5.91 Å². The number of halogens is 1. The van der Waals surface area contributed by atoms with E-state index in [4.69, 9.17) is 19.9 Å². The number of benzene rings is 2. The number of nitrogens with zero attached hydrogens (tertiary/aromatic N) is 4. The van der Waals surface area contributed by atoms with E-state index in [1.54, 1.807) is 24.3 Å². The Morgan fingerprint density at radius 1 is 1.00 bits per heavy atom. The summed E-state index contributed by atoms with van der Waals surface area (Å²) >= 11 is 0. The van der Waals surface area contributed by atoms with Gasteiger partial charge >= 0.3 is 0 Å². The zero-order valence-electron chi connectivity index (χ0n) is 23.2. The van der Waals surface area contributed by atoms with Gasteiger partial charge in [0.15, 0.2) is 11.5 Å². The van der Waals surface area contributed by atoms with Crippen molar-refractivity contribution in [1.29, 1.82) is 0 Å². The number of hydrogen-bond acceptors (Lipinski definition) is 9. The molecule has 12 heteroatoms. The maximum absolute atomic E-state index is 13.5. The number of carbonyl (C=O) groups excluding carboxylic acids is 1. The molecule has 0 fully saturated rings. The number of pyridine rings is 2. The summed E-state index contributed by atoms with van der Waals surface area (Å²) in [5.41, 5.74) is 6.24. The van der Waals surface area contributed by atoms with Crippen molar-refractivity contribution in [2.45, 2.75) is 19.9 Å². The molecule has 0 aliphatic carbocycles. The van der Waals surface area contributed by atoms with E-state index in [-0.39, 0.29) is 28.9 Å². The number of hydrogen-bond donors (Lipinski definition) is 2. The lowest BCUT2D eigenvalue weighted by Crippen LogP contribution is -2.27. The summed E-state index contributed by atoms with van der Waals surface area (Å²) in [6.07, 6.45) is 2.80. The van der Waals surface area contributed by atoms with Crippen molar-refractivity contribution in [3.63, 3.8) is 0 Å². The van der Waals surface area contributed by atoms with Gasteiger partial charge in [0, 0.05) is 35.3 Å². The Labute approximate surface area is 239 Å². The lowest BCUT2D eigenvalue weighted by atomic mass is 10.1. The molecule has 1 amide bonds. The first-order chi connectivity index (χ1) is 20.2. The monoisotopic (exact) mass is 570 g/mol. The number of aromatic nitrogens is 4. The van der Waals surface area contributed by atoms with Gasteiger partial charge in [-0.1, -0.05) is 0 Å². The fourth-order valence-electron chi connectivity index (χ4n) is 4.18. The number of fused-ring (bicyclic) bond motifs is 1. The van der Waals surface area contributed by atoms with Crippen molar-refractivity contribution >= 4 is 28.4 Å². The number of rotatable bonds is 8. The third-order valence-electron chi connectivity index (χ3n) is 6.33. The largest absolute Gasteiger partial charge is 0.493 e. The van der Waals surface area contributed by atoms with E-state index in [9.17, 15) is 14.0 Å². The number of methoxy groups -OCH3 is 2. The molecule has 5 rings (SSSR count). The molecule has 0 saturated carbocycles. The maximum Gasteiger partial charge on any atom is 0.262 e.